The molecular weight excluding hydrogens is 109 g/mol. The lowest BCUT2D eigenvalue weighted by Gasteiger charge is -1.93. The zero-order chi connectivity index (χ0) is 5.98. The van der Waals surface area contributed by atoms with E-state index in [2.05, 4.69) is 5.32 Å². The first-order valence-electron chi connectivity index (χ1n) is 2.65. The molecule has 8 heavy (non-hydrogen) atoms. The Morgan fingerprint density at radius 3 is 2.75 bits per heavy atom. The molecule has 1 saturated heterocycles. The Balaban J connectivity index is 2.32. The number of rotatable bonds is 1. The highest BCUT2D eigenvalue weighted by Crippen LogP contribution is 2.06. The van der Waals surface area contributed by atoms with Crippen LogP contribution in [0.25, 0.3) is 0 Å². The van der Waals surface area contributed by atoms with Crippen LogP contribution in [-0.2, 0) is 4.79 Å². The third-order valence-corrected chi connectivity index (χ3v) is 1.28. The lowest BCUT2D eigenvalue weighted by atomic mass is 10.2. The molecule has 0 aromatic rings. The highest BCUT2D eigenvalue weighted by atomic mass is 19.1. The van der Waals surface area contributed by atoms with Gasteiger partial charge < -0.3 is 10.1 Å². The number of alkyl halides is 1. The van der Waals surface area contributed by atoms with E-state index in [1.807, 2.05) is 0 Å². The Kier molecular flexibility index (Phi) is 1.58. The maximum Gasteiger partial charge on any atom is 0.137 e. The topological polar surface area (TPSA) is 29.1 Å². The third kappa shape index (κ3) is 1.04. The third-order valence-electron chi connectivity index (χ3n) is 1.28. The van der Waals surface area contributed by atoms with Crippen LogP contribution in [0.15, 0.2) is 0 Å². The van der Waals surface area contributed by atoms with Gasteiger partial charge in [0.2, 0.25) is 0 Å². The second-order valence-corrected chi connectivity index (χ2v) is 1.98. The molecule has 0 spiro atoms. The second kappa shape index (κ2) is 2.22. The smallest absolute Gasteiger partial charge is 0.137 e. The Bertz CT molecular complexity index is 96.4. The molecule has 1 fully saturated rings. The number of nitrogens with one attached hydrogen (secondary N) is 1. The van der Waals surface area contributed by atoms with E-state index < -0.39 is 6.17 Å². The molecule has 46 valence electrons. The van der Waals surface area contributed by atoms with Crippen LogP contribution in [0, 0.1) is 0 Å². The number of halogens is 1. The van der Waals surface area contributed by atoms with Crippen LogP contribution in [0.4, 0.5) is 4.39 Å². The molecule has 3 heteroatoms. The summed E-state index contributed by atoms with van der Waals surface area (Å²) in [5.41, 5.74) is 0. The molecule has 2 atom stereocenters. The van der Waals surface area contributed by atoms with Gasteiger partial charge in [-0.15, -0.1) is 0 Å². The summed E-state index contributed by atoms with van der Waals surface area (Å²) in [7, 11) is 0. The van der Waals surface area contributed by atoms with Gasteiger partial charge in [-0.2, -0.15) is 0 Å². The molecule has 0 radical (unpaired) electrons. The summed E-state index contributed by atoms with van der Waals surface area (Å²) in [4.78, 5) is 9.92. The van der Waals surface area contributed by atoms with Crippen LogP contribution in [0.5, 0.6) is 0 Å². The van der Waals surface area contributed by atoms with E-state index in [0.29, 0.717) is 13.0 Å². The zero-order valence-electron chi connectivity index (χ0n) is 4.43. The van der Waals surface area contributed by atoms with Gasteiger partial charge in [0, 0.05) is 13.0 Å². The maximum absolute atomic E-state index is 12.1. The van der Waals surface area contributed by atoms with Gasteiger partial charge >= 0.3 is 0 Å². The van der Waals surface area contributed by atoms with Gasteiger partial charge in [0.15, 0.2) is 0 Å². The maximum atomic E-state index is 12.1. The van der Waals surface area contributed by atoms with E-state index in [9.17, 15) is 9.18 Å². The fourth-order valence-corrected chi connectivity index (χ4v) is 0.825. The van der Waals surface area contributed by atoms with Crippen molar-refractivity contribution >= 4 is 6.29 Å². The first-order chi connectivity index (χ1) is 3.83. The van der Waals surface area contributed by atoms with E-state index >= 15 is 0 Å². The molecule has 1 unspecified atom stereocenters. The average molecular weight is 117 g/mol. The summed E-state index contributed by atoms with van der Waals surface area (Å²) >= 11 is 0. The van der Waals surface area contributed by atoms with Gasteiger partial charge in [0.05, 0.1) is 6.04 Å². The largest absolute Gasteiger partial charge is 0.305 e. The van der Waals surface area contributed by atoms with Crippen molar-refractivity contribution in [3.8, 4) is 0 Å². The van der Waals surface area contributed by atoms with Crippen molar-refractivity contribution in [1.29, 1.82) is 0 Å². The minimum Gasteiger partial charge on any atom is -0.305 e. The first kappa shape index (κ1) is 5.69. The van der Waals surface area contributed by atoms with Crippen molar-refractivity contribution in [3.05, 3.63) is 0 Å². The summed E-state index contributed by atoms with van der Waals surface area (Å²) in [6.07, 6.45) is 0.286. The monoisotopic (exact) mass is 117 g/mol. The van der Waals surface area contributed by atoms with Crippen molar-refractivity contribution in [2.75, 3.05) is 6.54 Å². The minimum atomic E-state index is -0.815. The molecule has 0 aliphatic carbocycles. The normalized spacial score (nSPS) is 37.6. The minimum absolute atomic E-state index is 0.231. The summed E-state index contributed by atoms with van der Waals surface area (Å²) in [6, 6.07) is -0.231. The van der Waals surface area contributed by atoms with Crippen LogP contribution >= 0.6 is 0 Å². The number of hydrogen-bond acceptors (Lipinski definition) is 2. The van der Waals surface area contributed by atoms with Crippen molar-refractivity contribution < 1.29 is 9.18 Å². The van der Waals surface area contributed by atoms with Crippen molar-refractivity contribution in [2.45, 2.75) is 18.6 Å². The molecular formula is C5H8FNO. The van der Waals surface area contributed by atoms with Gasteiger partial charge in [-0.05, 0) is 0 Å². The fourth-order valence-electron chi connectivity index (χ4n) is 0.825. The predicted molar refractivity (Wildman–Crippen MR) is 27.4 cm³/mol. The molecule has 1 rings (SSSR count). The number of aldehydes is 1. The Hall–Kier alpha value is -0.440. The highest BCUT2D eigenvalue weighted by molar-refractivity contribution is 5.58. The number of carbonyl (C=O) groups excluding carboxylic acids is 1. The van der Waals surface area contributed by atoms with Gasteiger partial charge in [-0.25, -0.2) is 4.39 Å². The molecule has 1 aliphatic rings. The van der Waals surface area contributed by atoms with Crippen LogP contribution in [0.1, 0.15) is 6.42 Å². The van der Waals surface area contributed by atoms with Crippen LogP contribution in [0.3, 0.4) is 0 Å². The Morgan fingerprint density at radius 1 is 1.75 bits per heavy atom. The van der Waals surface area contributed by atoms with Crippen LogP contribution < -0.4 is 5.32 Å². The molecule has 0 amide bonds. The quantitative estimate of drug-likeness (QED) is 0.485. The summed E-state index contributed by atoms with van der Waals surface area (Å²) in [5, 5.41) is 2.71. The molecule has 0 aromatic carbocycles. The van der Waals surface area contributed by atoms with Gasteiger partial charge in [0.25, 0.3) is 0 Å². The van der Waals surface area contributed by atoms with Crippen LogP contribution in [0.2, 0.25) is 0 Å². The zero-order valence-corrected chi connectivity index (χ0v) is 4.43. The lowest BCUT2D eigenvalue weighted by Crippen LogP contribution is -2.22. The summed E-state index contributed by atoms with van der Waals surface area (Å²) in [5.74, 6) is 0. The molecule has 1 aliphatic heterocycles. The summed E-state index contributed by atoms with van der Waals surface area (Å²) in [6.45, 7) is 0.337. The van der Waals surface area contributed by atoms with E-state index in [0.717, 1.165) is 6.29 Å². The van der Waals surface area contributed by atoms with E-state index in [4.69, 9.17) is 0 Å². The molecule has 0 saturated carbocycles. The Morgan fingerprint density at radius 2 is 2.50 bits per heavy atom. The van der Waals surface area contributed by atoms with E-state index in [1.54, 1.807) is 0 Å². The van der Waals surface area contributed by atoms with Gasteiger partial charge in [0.1, 0.15) is 12.5 Å². The van der Waals surface area contributed by atoms with Crippen molar-refractivity contribution in [3.63, 3.8) is 0 Å². The van der Waals surface area contributed by atoms with Crippen LogP contribution in [-0.4, -0.2) is 25.0 Å². The summed E-state index contributed by atoms with van der Waals surface area (Å²) < 4.78 is 12.1. The lowest BCUT2D eigenvalue weighted by molar-refractivity contribution is -0.109. The standard InChI is InChI=1S/C5H8FNO/c6-4-1-5(3-8)7-2-4/h3-5,7H,1-2H2/t4-,5?/m0/s1. The molecule has 1 N–H and O–H groups in total. The first-order valence-corrected chi connectivity index (χ1v) is 2.65. The number of hydrogen-bond donors (Lipinski definition) is 1. The highest BCUT2D eigenvalue weighted by Gasteiger charge is 2.21. The Labute approximate surface area is 47.1 Å². The second-order valence-electron chi connectivity index (χ2n) is 1.98. The molecule has 0 aromatic heterocycles. The fraction of sp³-hybridized carbons (Fsp3) is 0.800. The SMILES string of the molecule is O=CC1C[C@H](F)CN1. The predicted octanol–water partition coefficient (Wildman–Crippen LogP) is -0.115. The van der Waals surface area contributed by atoms with E-state index in [1.165, 1.54) is 0 Å². The van der Waals surface area contributed by atoms with Gasteiger partial charge in [-0.3, -0.25) is 0 Å². The van der Waals surface area contributed by atoms with Crippen molar-refractivity contribution in [1.82, 2.24) is 5.32 Å². The van der Waals surface area contributed by atoms with Gasteiger partial charge in [-0.1, -0.05) is 0 Å². The number of carbonyl (C=O) groups is 1. The van der Waals surface area contributed by atoms with E-state index in [-0.39, 0.29) is 6.04 Å². The van der Waals surface area contributed by atoms with Crippen molar-refractivity contribution in [2.24, 2.45) is 0 Å². The molecule has 2 nitrogen and oxygen atoms in total. The molecule has 1 heterocycles. The molecule has 0 bridgehead atoms. The average Bonchev–Trinajstić information content (AvgIpc) is 2.14.